The van der Waals surface area contributed by atoms with Crippen molar-refractivity contribution in [3.8, 4) is 0 Å². The molecule has 4 nitrogen and oxygen atoms in total. The molecule has 5 heteroatoms. The first kappa shape index (κ1) is 11.3. The van der Waals surface area contributed by atoms with Gasteiger partial charge >= 0.3 is 0 Å². The van der Waals surface area contributed by atoms with Crippen LogP contribution in [0.4, 0.5) is 0 Å². The van der Waals surface area contributed by atoms with E-state index in [1.165, 1.54) is 61.9 Å². The largest absolute Gasteiger partial charge is 0.316 e. The van der Waals surface area contributed by atoms with E-state index >= 15 is 0 Å². The standard InChI is InChI=1S/C13H20N4S/c1-2-10(1)12-15-16-13(17(12)11-3-4-11)18-6-5-9-7-14-8-9/h9-11,14H,1-8H2. The van der Waals surface area contributed by atoms with E-state index in [2.05, 4.69) is 20.1 Å². The molecule has 4 rings (SSSR count). The van der Waals surface area contributed by atoms with E-state index in [0.29, 0.717) is 0 Å². The van der Waals surface area contributed by atoms with Gasteiger partial charge in [-0.05, 0) is 51.1 Å². The highest BCUT2D eigenvalue weighted by Crippen LogP contribution is 2.46. The molecule has 1 aromatic heterocycles. The van der Waals surface area contributed by atoms with Crippen LogP contribution in [0.3, 0.4) is 0 Å². The lowest BCUT2D eigenvalue weighted by Crippen LogP contribution is -2.42. The molecule has 2 aliphatic carbocycles. The summed E-state index contributed by atoms with van der Waals surface area (Å²) in [6.07, 6.45) is 6.62. The Hall–Kier alpha value is -0.550. The third-order valence-corrected chi connectivity index (χ3v) is 5.15. The van der Waals surface area contributed by atoms with Crippen molar-refractivity contribution < 1.29 is 0 Å². The summed E-state index contributed by atoms with van der Waals surface area (Å²) < 4.78 is 2.46. The Bertz CT molecular complexity index is 432. The van der Waals surface area contributed by atoms with Crippen LogP contribution < -0.4 is 5.32 Å². The molecule has 1 aliphatic heterocycles. The Labute approximate surface area is 112 Å². The first-order valence-corrected chi connectivity index (χ1v) is 8.18. The molecule has 18 heavy (non-hydrogen) atoms. The second kappa shape index (κ2) is 4.53. The molecule has 3 aliphatic rings. The molecule has 0 aromatic carbocycles. The molecule has 0 bridgehead atoms. The molecular weight excluding hydrogens is 244 g/mol. The molecule has 0 spiro atoms. The topological polar surface area (TPSA) is 42.7 Å². The van der Waals surface area contributed by atoms with Crippen LogP contribution >= 0.6 is 11.8 Å². The Balaban J connectivity index is 1.42. The molecule has 2 saturated carbocycles. The first-order chi connectivity index (χ1) is 8.92. The number of thioether (sulfide) groups is 1. The van der Waals surface area contributed by atoms with Crippen LogP contribution in [0.25, 0.3) is 0 Å². The van der Waals surface area contributed by atoms with Crippen LogP contribution in [-0.2, 0) is 0 Å². The molecule has 0 radical (unpaired) electrons. The lowest BCUT2D eigenvalue weighted by atomic mass is 10.0. The minimum atomic E-state index is 0.725. The molecule has 98 valence electrons. The Morgan fingerprint density at radius 2 is 2.00 bits per heavy atom. The van der Waals surface area contributed by atoms with Gasteiger partial charge in [0, 0.05) is 17.7 Å². The van der Waals surface area contributed by atoms with Crippen LogP contribution in [-0.4, -0.2) is 33.6 Å². The third kappa shape index (κ3) is 2.18. The Morgan fingerprint density at radius 1 is 1.17 bits per heavy atom. The summed E-state index contributed by atoms with van der Waals surface area (Å²) in [5.41, 5.74) is 0. The van der Waals surface area contributed by atoms with Crippen LogP contribution in [0.1, 0.15) is 49.9 Å². The fraction of sp³-hybridized carbons (Fsp3) is 0.846. The summed E-state index contributed by atoms with van der Waals surface area (Å²) in [5.74, 6) is 4.10. The van der Waals surface area contributed by atoms with E-state index < -0.39 is 0 Å². The average molecular weight is 264 g/mol. The zero-order chi connectivity index (χ0) is 11.9. The van der Waals surface area contributed by atoms with E-state index in [-0.39, 0.29) is 0 Å². The maximum Gasteiger partial charge on any atom is 0.191 e. The van der Waals surface area contributed by atoms with Crippen LogP contribution in [0, 0.1) is 5.92 Å². The molecule has 0 atom stereocenters. The normalized spacial score (nSPS) is 24.2. The summed E-state index contributed by atoms with van der Waals surface area (Å²) in [6, 6.07) is 0.725. The summed E-state index contributed by atoms with van der Waals surface area (Å²) in [7, 11) is 0. The maximum absolute atomic E-state index is 4.45. The summed E-state index contributed by atoms with van der Waals surface area (Å²) in [5, 5.41) is 13.4. The molecule has 0 amide bonds. The van der Waals surface area contributed by atoms with Crippen molar-refractivity contribution in [1.82, 2.24) is 20.1 Å². The minimum Gasteiger partial charge on any atom is -0.316 e. The van der Waals surface area contributed by atoms with Gasteiger partial charge in [0.1, 0.15) is 5.82 Å². The number of nitrogens with one attached hydrogen (secondary N) is 1. The second-order valence-corrected chi connectivity index (χ2v) is 6.94. The zero-order valence-corrected chi connectivity index (χ0v) is 11.5. The van der Waals surface area contributed by atoms with E-state index in [4.69, 9.17) is 0 Å². The molecule has 2 heterocycles. The van der Waals surface area contributed by atoms with Crippen LogP contribution in [0.5, 0.6) is 0 Å². The summed E-state index contributed by atoms with van der Waals surface area (Å²) in [4.78, 5) is 0. The van der Waals surface area contributed by atoms with E-state index in [1.54, 1.807) is 0 Å². The number of nitrogens with zero attached hydrogens (tertiary/aromatic N) is 3. The van der Waals surface area contributed by atoms with Crippen molar-refractivity contribution in [2.24, 2.45) is 5.92 Å². The van der Waals surface area contributed by atoms with E-state index in [9.17, 15) is 0 Å². The van der Waals surface area contributed by atoms with Gasteiger partial charge in [-0.25, -0.2) is 0 Å². The lowest BCUT2D eigenvalue weighted by molar-refractivity contribution is 0.341. The minimum absolute atomic E-state index is 0.725. The molecule has 1 saturated heterocycles. The Morgan fingerprint density at radius 3 is 2.61 bits per heavy atom. The highest BCUT2D eigenvalue weighted by molar-refractivity contribution is 7.99. The quantitative estimate of drug-likeness (QED) is 0.800. The highest BCUT2D eigenvalue weighted by Gasteiger charge is 2.36. The van der Waals surface area contributed by atoms with Gasteiger partial charge in [-0.3, -0.25) is 0 Å². The fourth-order valence-corrected chi connectivity index (χ4v) is 3.67. The van der Waals surface area contributed by atoms with E-state index in [1.807, 2.05) is 11.8 Å². The third-order valence-electron chi connectivity index (χ3n) is 4.17. The van der Waals surface area contributed by atoms with E-state index in [0.717, 1.165) is 17.9 Å². The number of hydrogen-bond acceptors (Lipinski definition) is 4. The smallest absolute Gasteiger partial charge is 0.191 e. The predicted molar refractivity (Wildman–Crippen MR) is 72.0 cm³/mol. The van der Waals surface area contributed by atoms with Crippen LogP contribution in [0.15, 0.2) is 5.16 Å². The predicted octanol–water partition coefficient (Wildman–Crippen LogP) is 2.19. The van der Waals surface area contributed by atoms with Crippen molar-refractivity contribution in [2.45, 2.75) is 49.2 Å². The van der Waals surface area contributed by atoms with Gasteiger partial charge in [-0.1, -0.05) is 11.8 Å². The first-order valence-electron chi connectivity index (χ1n) is 7.20. The lowest BCUT2D eigenvalue weighted by Gasteiger charge is -2.26. The van der Waals surface area contributed by atoms with Gasteiger partial charge in [-0.2, -0.15) is 0 Å². The van der Waals surface area contributed by atoms with Crippen molar-refractivity contribution >= 4 is 11.8 Å². The molecular formula is C13H20N4S. The van der Waals surface area contributed by atoms with Gasteiger partial charge in [0.15, 0.2) is 5.16 Å². The zero-order valence-electron chi connectivity index (χ0n) is 10.6. The summed E-state index contributed by atoms with van der Waals surface area (Å²) >= 11 is 1.92. The van der Waals surface area contributed by atoms with Gasteiger partial charge in [-0.15, -0.1) is 10.2 Å². The maximum atomic E-state index is 4.45. The van der Waals surface area contributed by atoms with Gasteiger partial charge in [0.2, 0.25) is 0 Å². The SMILES string of the molecule is C(CC1CNC1)Sc1nnc(C2CC2)n1C1CC1. The second-order valence-electron chi connectivity index (χ2n) is 5.88. The molecule has 1 N–H and O–H groups in total. The number of rotatable bonds is 6. The van der Waals surface area contributed by atoms with Crippen molar-refractivity contribution in [3.05, 3.63) is 5.82 Å². The van der Waals surface area contributed by atoms with Crippen molar-refractivity contribution in [3.63, 3.8) is 0 Å². The highest BCUT2D eigenvalue weighted by atomic mass is 32.2. The van der Waals surface area contributed by atoms with Crippen molar-refractivity contribution in [2.75, 3.05) is 18.8 Å². The van der Waals surface area contributed by atoms with Crippen molar-refractivity contribution in [1.29, 1.82) is 0 Å². The van der Waals surface area contributed by atoms with Crippen LogP contribution in [0.2, 0.25) is 0 Å². The monoisotopic (exact) mass is 264 g/mol. The van der Waals surface area contributed by atoms with Gasteiger partial charge in [0.05, 0.1) is 0 Å². The molecule has 1 aromatic rings. The molecule has 0 unspecified atom stereocenters. The Kier molecular flexibility index (Phi) is 2.84. The average Bonchev–Trinajstić information content (AvgIpc) is 3.20. The fourth-order valence-electron chi connectivity index (χ4n) is 2.55. The summed E-state index contributed by atoms with van der Waals surface area (Å²) in [6.45, 7) is 2.42. The molecule has 3 fully saturated rings. The van der Waals surface area contributed by atoms with Gasteiger partial charge in [0.25, 0.3) is 0 Å². The number of aromatic nitrogens is 3. The number of hydrogen-bond donors (Lipinski definition) is 1. The van der Waals surface area contributed by atoms with Gasteiger partial charge < -0.3 is 9.88 Å².